The molecule has 1 aliphatic heterocycles. The summed E-state index contributed by atoms with van der Waals surface area (Å²) in [5, 5.41) is 9.19. The second-order valence-electron chi connectivity index (χ2n) is 5.60. The maximum atomic E-state index is 12.9. The standard InChI is InChI=1S/C14H13ClF3NO5S/c15-8-1-3-9(4-2-8)25(23,24)7-12(20)19-5-10(13(21)22)11(6-19)14(16,17)18/h1-4,10-11H,5-7H2,(H,21,22)/t10-,11-/m1/s1. The van der Waals surface area contributed by atoms with Crippen molar-refractivity contribution in [3.63, 3.8) is 0 Å². The molecule has 1 aromatic carbocycles. The summed E-state index contributed by atoms with van der Waals surface area (Å²) in [6.07, 6.45) is -4.80. The molecule has 1 amide bonds. The average molecular weight is 400 g/mol. The fourth-order valence-corrected chi connectivity index (χ4v) is 3.92. The monoisotopic (exact) mass is 399 g/mol. The Morgan fingerprint density at radius 1 is 1.20 bits per heavy atom. The molecule has 1 saturated heterocycles. The smallest absolute Gasteiger partial charge is 0.394 e. The first-order valence-electron chi connectivity index (χ1n) is 6.97. The molecule has 1 aliphatic rings. The molecule has 2 rings (SSSR count). The molecule has 0 radical (unpaired) electrons. The van der Waals surface area contributed by atoms with E-state index in [4.69, 9.17) is 16.7 Å². The van der Waals surface area contributed by atoms with Crippen molar-refractivity contribution < 1.29 is 36.3 Å². The summed E-state index contributed by atoms with van der Waals surface area (Å²) in [6, 6.07) is 4.95. The number of carboxylic acids is 1. The van der Waals surface area contributed by atoms with Gasteiger partial charge >= 0.3 is 12.1 Å². The Bertz CT molecular complexity index is 779. The molecule has 0 bridgehead atoms. The maximum absolute atomic E-state index is 12.9. The van der Waals surface area contributed by atoms with Crippen molar-refractivity contribution in [1.82, 2.24) is 4.90 Å². The van der Waals surface area contributed by atoms with Crippen LogP contribution >= 0.6 is 11.6 Å². The van der Waals surface area contributed by atoms with Crippen molar-refractivity contribution in [2.45, 2.75) is 11.1 Å². The van der Waals surface area contributed by atoms with Gasteiger partial charge in [0.15, 0.2) is 9.84 Å². The molecule has 0 unspecified atom stereocenters. The van der Waals surface area contributed by atoms with Crippen LogP contribution in [-0.2, 0) is 19.4 Å². The van der Waals surface area contributed by atoms with E-state index in [1.807, 2.05) is 0 Å². The van der Waals surface area contributed by atoms with Crippen LogP contribution in [0.1, 0.15) is 0 Å². The molecule has 1 aromatic rings. The van der Waals surface area contributed by atoms with E-state index < -0.39 is 58.6 Å². The van der Waals surface area contributed by atoms with Crippen molar-refractivity contribution in [3.8, 4) is 0 Å². The van der Waals surface area contributed by atoms with Crippen LogP contribution in [0.4, 0.5) is 13.2 Å². The highest BCUT2D eigenvalue weighted by molar-refractivity contribution is 7.92. The molecule has 0 aromatic heterocycles. The largest absolute Gasteiger partial charge is 0.481 e. The summed E-state index contributed by atoms with van der Waals surface area (Å²) in [5.41, 5.74) is 0. The molecule has 25 heavy (non-hydrogen) atoms. The minimum Gasteiger partial charge on any atom is -0.481 e. The number of likely N-dealkylation sites (tertiary alicyclic amines) is 1. The van der Waals surface area contributed by atoms with Crippen LogP contribution in [0.5, 0.6) is 0 Å². The second kappa shape index (κ2) is 6.83. The van der Waals surface area contributed by atoms with Gasteiger partial charge in [-0.2, -0.15) is 13.2 Å². The third-order valence-electron chi connectivity index (χ3n) is 3.90. The van der Waals surface area contributed by atoms with Crippen molar-refractivity contribution in [2.24, 2.45) is 11.8 Å². The van der Waals surface area contributed by atoms with Gasteiger partial charge in [0.1, 0.15) is 5.75 Å². The van der Waals surface area contributed by atoms with Gasteiger partial charge in [0.25, 0.3) is 0 Å². The van der Waals surface area contributed by atoms with E-state index in [1.54, 1.807) is 0 Å². The summed E-state index contributed by atoms with van der Waals surface area (Å²) in [5.74, 6) is -7.86. The Balaban J connectivity index is 2.16. The second-order valence-corrected chi connectivity index (χ2v) is 8.03. The number of carbonyl (C=O) groups excluding carboxylic acids is 1. The SMILES string of the molecule is O=C(O)[C@@H]1CN(C(=O)CS(=O)(=O)c2ccc(Cl)cc2)C[C@H]1C(F)(F)F. The van der Waals surface area contributed by atoms with Gasteiger partial charge in [-0.1, -0.05) is 11.6 Å². The zero-order chi connectivity index (χ0) is 19.0. The molecule has 1 heterocycles. The number of rotatable bonds is 4. The highest BCUT2D eigenvalue weighted by atomic mass is 35.5. The average Bonchev–Trinajstić information content (AvgIpc) is 2.93. The molecular weight excluding hydrogens is 387 g/mol. The number of benzene rings is 1. The third-order valence-corrected chi connectivity index (χ3v) is 5.77. The van der Waals surface area contributed by atoms with Gasteiger partial charge in [-0.25, -0.2) is 8.42 Å². The lowest BCUT2D eigenvalue weighted by molar-refractivity contribution is -0.188. The molecular formula is C14H13ClF3NO5S. The third kappa shape index (κ3) is 4.43. The lowest BCUT2D eigenvalue weighted by Crippen LogP contribution is -2.35. The fraction of sp³-hybridized carbons (Fsp3) is 0.429. The molecule has 6 nitrogen and oxygen atoms in total. The van der Waals surface area contributed by atoms with E-state index >= 15 is 0 Å². The lowest BCUT2D eigenvalue weighted by Gasteiger charge is -2.18. The van der Waals surface area contributed by atoms with E-state index in [9.17, 15) is 31.2 Å². The van der Waals surface area contributed by atoms with Gasteiger partial charge in [0.05, 0.1) is 16.7 Å². The highest BCUT2D eigenvalue weighted by Gasteiger charge is 2.53. The number of aliphatic carboxylic acids is 1. The quantitative estimate of drug-likeness (QED) is 0.834. The summed E-state index contributed by atoms with van der Waals surface area (Å²) in [4.78, 5) is 23.5. The first-order valence-corrected chi connectivity index (χ1v) is 9.00. The minimum absolute atomic E-state index is 0.202. The number of halogens is 4. The van der Waals surface area contributed by atoms with Crippen LogP contribution in [0, 0.1) is 11.8 Å². The van der Waals surface area contributed by atoms with Crippen molar-refractivity contribution in [1.29, 1.82) is 0 Å². The van der Waals surface area contributed by atoms with Gasteiger partial charge in [-0.05, 0) is 24.3 Å². The normalized spacial score (nSPS) is 21.4. The van der Waals surface area contributed by atoms with E-state index in [-0.39, 0.29) is 9.92 Å². The number of nitrogens with zero attached hydrogens (tertiary/aromatic N) is 1. The van der Waals surface area contributed by atoms with E-state index in [0.29, 0.717) is 4.90 Å². The van der Waals surface area contributed by atoms with Gasteiger partial charge in [-0.3, -0.25) is 9.59 Å². The van der Waals surface area contributed by atoms with Crippen LogP contribution in [0.3, 0.4) is 0 Å². The first-order chi connectivity index (χ1) is 11.4. The number of amides is 1. The Morgan fingerprint density at radius 3 is 2.20 bits per heavy atom. The predicted molar refractivity (Wildman–Crippen MR) is 80.8 cm³/mol. The van der Waals surface area contributed by atoms with Gasteiger partial charge in [-0.15, -0.1) is 0 Å². The molecule has 2 atom stereocenters. The molecule has 11 heteroatoms. The van der Waals surface area contributed by atoms with Crippen molar-refractivity contribution in [2.75, 3.05) is 18.8 Å². The lowest BCUT2D eigenvalue weighted by atomic mass is 9.96. The Hall–Kier alpha value is -1.81. The summed E-state index contributed by atoms with van der Waals surface area (Å²) in [7, 11) is -4.08. The van der Waals surface area contributed by atoms with E-state index in [2.05, 4.69) is 0 Å². The van der Waals surface area contributed by atoms with Gasteiger partial charge < -0.3 is 10.0 Å². The number of alkyl halides is 3. The summed E-state index contributed by atoms with van der Waals surface area (Å²) < 4.78 is 63.1. The Labute approximate surface area is 146 Å². The van der Waals surface area contributed by atoms with Gasteiger partial charge in [0.2, 0.25) is 5.91 Å². The first kappa shape index (κ1) is 19.5. The van der Waals surface area contributed by atoms with Crippen LogP contribution < -0.4 is 0 Å². The number of hydrogen-bond donors (Lipinski definition) is 1. The zero-order valence-corrected chi connectivity index (χ0v) is 14.1. The van der Waals surface area contributed by atoms with Crippen LogP contribution in [0.2, 0.25) is 5.02 Å². The Kier molecular flexibility index (Phi) is 5.33. The van der Waals surface area contributed by atoms with Crippen LogP contribution in [0.15, 0.2) is 29.2 Å². The van der Waals surface area contributed by atoms with E-state index in [0.717, 1.165) is 0 Å². The molecule has 1 N–H and O–H groups in total. The minimum atomic E-state index is -4.80. The van der Waals surface area contributed by atoms with Gasteiger partial charge in [0, 0.05) is 18.1 Å². The molecule has 1 fully saturated rings. The van der Waals surface area contributed by atoms with E-state index in [1.165, 1.54) is 24.3 Å². The number of carboxylic acid groups (broad SMARTS) is 1. The van der Waals surface area contributed by atoms with Crippen LogP contribution in [-0.4, -0.2) is 55.3 Å². The molecule has 0 aliphatic carbocycles. The summed E-state index contributed by atoms with van der Waals surface area (Å²) >= 11 is 5.64. The topological polar surface area (TPSA) is 91.8 Å². The summed E-state index contributed by atoms with van der Waals surface area (Å²) in [6.45, 7) is -1.57. The number of carbonyl (C=O) groups is 2. The highest BCUT2D eigenvalue weighted by Crippen LogP contribution is 2.37. The fourth-order valence-electron chi connectivity index (χ4n) is 2.57. The maximum Gasteiger partial charge on any atom is 0.394 e. The predicted octanol–water partition coefficient (Wildman–Crippen LogP) is 1.84. The number of sulfone groups is 1. The van der Waals surface area contributed by atoms with Crippen LogP contribution in [0.25, 0.3) is 0 Å². The zero-order valence-electron chi connectivity index (χ0n) is 12.5. The van der Waals surface area contributed by atoms with Crippen molar-refractivity contribution >= 4 is 33.3 Å². The molecule has 0 saturated carbocycles. The molecule has 0 spiro atoms. The molecule has 138 valence electrons. The van der Waals surface area contributed by atoms with Crippen molar-refractivity contribution in [3.05, 3.63) is 29.3 Å². The Morgan fingerprint density at radius 2 is 1.76 bits per heavy atom. The number of hydrogen-bond acceptors (Lipinski definition) is 4.